The van der Waals surface area contributed by atoms with E-state index in [1.165, 1.54) is 6.26 Å². The van der Waals surface area contributed by atoms with Gasteiger partial charge in [0.15, 0.2) is 9.84 Å². The van der Waals surface area contributed by atoms with Gasteiger partial charge in [-0.15, -0.1) is 0 Å². The molecule has 4 nitrogen and oxygen atoms in total. The number of fused-ring (bicyclic) bond motifs is 1. The van der Waals surface area contributed by atoms with Crippen molar-refractivity contribution in [1.29, 1.82) is 0 Å². The van der Waals surface area contributed by atoms with Gasteiger partial charge < -0.3 is 4.98 Å². The maximum atomic E-state index is 11.8. The first-order valence-corrected chi connectivity index (χ1v) is 9.47. The first-order chi connectivity index (χ1) is 9.84. The summed E-state index contributed by atoms with van der Waals surface area (Å²) in [4.78, 5) is 7.85. The number of aromatic nitrogens is 2. The van der Waals surface area contributed by atoms with Crippen LogP contribution in [0.5, 0.6) is 0 Å². The molecule has 0 aliphatic heterocycles. The van der Waals surface area contributed by atoms with Crippen molar-refractivity contribution in [2.75, 3.05) is 6.26 Å². The number of H-pyrrole nitrogens is 1. The molecule has 0 bridgehead atoms. The van der Waals surface area contributed by atoms with Crippen LogP contribution in [0.15, 0.2) is 50.2 Å². The van der Waals surface area contributed by atoms with Crippen LogP contribution in [-0.4, -0.2) is 24.6 Å². The third-order valence-corrected chi connectivity index (χ3v) is 5.06. The Morgan fingerprint density at radius 1 is 1.10 bits per heavy atom. The van der Waals surface area contributed by atoms with Gasteiger partial charge in [-0.2, -0.15) is 0 Å². The third kappa shape index (κ3) is 2.90. The Morgan fingerprint density at radius 3 is 2.38 bits per heavy atom. The topological polar surface area (TPSA) is 62.8 Å². The molecule has 0 aliphatic rings. The van der Waals surface area contributed by atoms with E-state index < -0.39 is 9.84 Å². The van der Waals surface area contributed by atoms with Gasteiger partial charge >= 0.3 is 0 Å². The van der Waals surface area contributed by atoms with Gasteiger partial charge in [-0.1, -0.05) is 37.9 Å². The maximum Gasteiger partial charge on any atom is 0.177 e. The Balaban J connectivity index is 2.27. The summed E-state index contributed by atoms with van der Waals surface area (Å²) >= 11 is 6.87. The summed E-state index contributed by atoms with van der Waals surface area (Å²) in [5, 5.41) is 0. The van der Waals surface area contributed by atoms with Crippen LogP contribution in [0.4, 0.5) is 0 Å². The standard InChI is InChI=1S/C14H10Br2N2O2S/c1-21(19,20)12-4-2-3-11-13(12)18-14(17-11)8-5-9(15)7-10(16)6-8/h2-7H,1H3,(H,17,18). The molecule has 21 heavy (non-hydrogen) atoms. The molecule has 3 rings (SSSR count). The molecular weight excluding hydrogens is 420 g/mol. The quantitative estimate of drug-likeness (QED) is 0.665. The van der Waals surface area contributed by atoms with Gasteiger partial charge in [0, 0.05) is 20.8 Å². The summed E-state index contributed by atoms with van der Waals surface area (Å²) in [5.41, 5.74) is 2.03. The summed E-state index contributed by atoms with van der Waals surface area (Å²) in [6.07, 6.45) is 1.19. The Morgan fingerprint density at radius 2 is 1.76 bits per heavy atom. The van der Waals surface area contributed by atoms with Crippen LogP contribution < -0.4 is 0 Å². The molecule has 1 N–H and O–H groups in total. The minimum absolute atomic E-state index is 0.233. The molecule has 2 aromatic carbocycles. The van der Waals surface area contributed by atoms with Gasteiger partial charge in [0.1, 0.15) is 11.3 Å². The van der Waals surface area contributed by atoms with Gasteiger partial charge in [-0.05, 0) is 30.3 Å². The van der Waals surface area contributed by atoms with Crippen molar-refractivity contribution < 1.29 is 8.42 Å². The molecule has 108 valence electrons. The molecule has 0 saturated heterocycles. The number of hydrogen-bond acceptors (Lipinski definition) is 3. The highest BCUT2D eigenvalue weighted by atomic mass is 79.9. The molecule has 0 spiro atoms. The van der Waals surface area contributed by atoms with Crippen LogP contribution in [0, 0.1) is 0 Å². The Labute approximate surface area is 138 Å². The lowest BCUT2D eigenvalue weighted by molar-refractivity contribution is 0.602. The van der Waals surface area contributed by atoms with Crippen LogP contribution in [0.2, 0.25) is 0 Å². The average Bonchev–Trinajstić information content (AvgIpc) is 2.79. The van der Waals surface area contributed by atoms with E-state index in [1.807, 2.05) is 24.3 Å². The predicted molar refractivity (Wildman–Crippen MR) is 90.0 cm³/mol. The van der Waals surface area contributed by atoms with E-state index in [9.17, 15) is 8.42 Å². The normalized spacial score (nSPS) is 12.0. The van der Waals surface area contributed by atoms with Crippen LogP contribution in [0.25, 0.3) is 22.4 Å². The monoisotopic (exact) mass is 428 g/mol. The Hall–Kier alpha value is -1.18. The lowest BCUT2D eigenvalue weighted by Gasteiger charge is -1.99. The zero-order chi connectivity index (χ0) is 15.2. The van der Waals surface area contributed by atoms with Gasteiger partial charge in [0.2, 0.25) is 0 Å². The number of rotatable bonds is 2. The number of halogens is 2. The van der Waals surface area contributed by atoms with E-state index >= 15 is 0 Å². The van der Waals surface area contributed by atoms with E-state index in [1.54, 1.807) is 12.1 Å². The van der Waals surface area contributed by atoms with Gasteiger partial charge in [-0.3, -0.25) is 0 Å². The zero-order valence-electron chi connectivity index (χ0n) is 10.9. The molecule has 7 heteroatoms. The zero-order valence-corrected chi connectivity index (χ0v) is 14.9. The number of sulfone groups is 1. The fourth-order valence-corrected chi connectivity index (χ4v) is 4.26. The first kappa shape index (κ1) is 14.7. The van der Waals surface area contributed by atoms with Crippen LogP contribution in [0.3, 0.4) is 0 Å². The fourth-order valence-electron chi connectivity index (χ4n) is 2.13. The lowest BCUT2D eigenvalue weighted by atomic mass is 10.2. The summed E-state index contributed by atoms with van der Waals surface area (Å²) in [5.74, 6) is 0.628. The summed E-state index contributed by atoms with van der Waals surface area (Å²) in [7, 11) is -3.32. The van der Waals surface area contributed by atoms with E-state index in [-0.39, 0.29) is 4.90 Å². The molecule has 1 aromatic heterocycles. The summed E-state index contributed by atoms with van der Waals surface area (Å²) in [6.45, 7) is 0. The van der Waals surface area contributed by atoms with E-state index in [0.29, 0.717) is 16.9 Å². The molecule has 0 aliphatic carbocycles. The highest BCUT2D eigenvalue weighted by Crippen LogP contribution is 2.29. The summed E-state index contributed by atoms with van der Waals surface area (Å²) < 4.78 is 25.5. The SMILES string of the molecule is CS(=O)(=O)c1cccc2[nH]c(-c3cc(Br)cc(Br)c3)nc12. The number of hydrogen-bond donors (Lipinski definition) is 1. The second-order valence-corrected chi connectivity index (χ2v) is 8.48. The number of nitrogens with one attached hydrogen (secondary N) is 1. The Kier molecular flexibility index (Phi) is 3.67. The third-order valence-electron chi connectivity index (χ3n) is 3.01. The van der Waals surface area contributed by atoms with Crippen molar-refractivity contribution in [3.05, 3.63) is 45.3 Å². The maximum absolute atomic E-state index is 11.8. The molecule has 0 unspecified atom stereocenters. The number of aromatic amines is 1. The second-order valence-electron chi connectivity index (χ2n) is 4.67. The van der Waals surface area contributed by atoms with Crippen LogP contribution in [0.1, 0.15) is 0 Å². The molecular formula is C14H10Br2N2O2S. The molecule has 3 aromatic rings. The van der Waals surface area contributed by atoms with Crippen molar-refractivity contribution >= 4 is 52.7 Å². The molecule has 0 fully saturated rings. The van der Waals surface area contributed by atoms with Crippen LogP contribution in [-0.2, 0) is 9.84 Å². The van der Waals surface area contributed by atoms with Crippen molar-refractivity contribution in [2.45, 2.75) is 4.90 Å². The first-order valence-electron chi connectivity index (χ1n) is 6.00. The molecule has 0 atom stereocenters. The Bertz CT molecular complexity index is 929. The highest BCUT2D eigenvalue weighted by molar-refractivity contribution is 9.11. The average molecular weight is 430 g/mol. The van der Waals surface area contributed by atoms with Gasteiger partial charge in [-0.25, -0.2) is 13.4 Å². The van der Waals surface area contributed by atoms with Crippen molar-refractivity contribution in [1.82, 2.24) is 9.97 Å². The lowest BCUT2D eigenvalue weighted by Crippen LogP contribution is -1.97. The number of nitrogens with zero attached hydrogens (tertiary/aromatic N) is 1. The number of para-hydroxylation sites is 1. The largest absolute Gasteiger partial charge is 0.338 e. The summed E-state index contributed by atoms with van der Waals surface area (Å²) in [6, 6.07) is 10.9. The van der Waals surface area contributed by atoms with E-state index in [0.717, 1.165) is 14.5 Å². The van der Waals surface area contributed by atoms with E-state index in [2.05, 4.69) is 41.8 Å². The molecule has 0 amide bonds. The molecule has 1 heterocycles. The minimum atomic E-state index is -3.32. The number of imidazole rings is 1. The predicted octanol–water partition coefficient (Wildman–Crippen LogP) is 4.16. The van der Waals surface area contributed by atoms with E-state index in [4.69, 9.17) is 0 Å². The molecule has 0 saturated carbocycles. The van der Waals surface area contributed by atoms with Crippen molar-refractivity contribution in [3.63, 3.8) is 0 Å². The van der Waals surface area contributed by atoms with Crippen molar-refractivity contribution in [3.8, 4) is 11.4 Å². The van der Waals surface area contributed by atoms with Crippen LogP contribution >= 0.6 is 31.9 Å². The smallest absolute Gasteiger partial charge is 0.177 e. The van der Waals surface area contributed by atoms with Crippen molar-refractivity contribution in [2.24, 2.45) is 0 Å². The van der Waals surface area contributed by atoms with Gasteiger partial charge in [0.25, 0.3) is 0 Å². The van der Waals surface area contributed by atoms with Gasteiger partial charge in [0.05, 0.1) is 10.4 Å². The second kappa shape index (κ2) is 5.23. The fraction of sp³-hybridized carbons (Fsp3) is 0.0714. The molecule has 0 radical (unpaired) electrons. The number of benzene rings is 2. The minimum Gasteiger partial charge on any atom is -0.338 e. The highest BCUT2D eigenvalue weighted by Gasteiger charge is 2.16.